The minimum atomic E-state index is -4.88. The molecule has 5 heteroatoms. The Bertz CT molecular complexity index is 241. The van der Waals surface area contributed by atoms with Gasteiger partial charge in [0.25, 0.3) is 0 Å². The highest BCUT2D eigenvalue weighted by Crippen LogP contribution is 2.11. The summed E-state index contributed by atoms with van der Waals surface area (Å²) in [6, 6.07) is 4.41. The first-order valence-corrected chi connectivity index (χ1v) is 3.33. The summed E-state index contributed by atoms with van der Waals surface area (Å²) >= 11 is 5.40. The average molecular weight is 179 g/mol. The quantitative estimate of drug-likeness (QED) is 0.581. The van der Waals surface area contributed by atoms with Crippen molar-refractivity contribution in [2.24, 2.45) is 0 Å². The Morgan fingerprint density at radius 3 is 1.82 bits per heavy atom. The Balaban J connectivity index is 2.99. The molecule has 11 heavy (non-hydrogen) atoms. The Morgan fingerprint density at radius 2 is 1.45 bits per heavy atom. The summed E-state index contributed by atoms with van der Waals surface area (Å²) in [5, 5.41) is 0.314. The Kier molecular flexibility index (Phi) is 2.14. The van der Waals surface area contributed by atoms with Gasteiger partial charge in [-0.2, -0.15) is 0 Å². The molecule has 0 fully saturated rings. The summed E-state index contributed by atoms with van der Waals surface area (Å²) in [7, 11) is 0. The van der Waals surface area contributed by atoms with Gasteiger partial charge in [-0.05, 0) is 12.1 Å². The molecule has 0 aromatic heterocycles. The summed E-state index contributed by atoms with van der Waals surface area (Å²) in [6.07, 6.45) is 0. The number of benzene rings is 1. The van der Waals surface area contributed by atoms with Gasteiger partial charge in [0.2, 0.25) is 0 Å². The monoisotopic (exact) mass is 179 g/mol. The molecular weight excluding hydrogens is 175 g/mol. The van der Waals surface area contributed by atoms with E-state index in [1.54, 1.807) is 0 Å². The third-order valence-corrected chi connectivity index (χ3v) is 1.50. The molecule has 0 saturated heterocycles. The molecule has 0 aliphatic carbocycles. The Labute approximate surface area is 67.0 Å². The number of halogens is 4. The SMILES string of the molecule is F[B-](F)(F)c1ccc(Cl)cc1. The fourth-order valence-corrected chi connectivity index (χ4v) is 0.807. The normalized spacial score (nSPS) is 11.6. The van der Waals surface area contributed by atoms with Crippen LogP contribution < -0.4 is 5.46 Å². The maximum atomic E-state index is 11.9. The summed E-state index contributed by atoms with van der Waals surface area (Å²) in [5.74, 6) is 0. The van der Waals surface area contributed by atoms with Crippen LogP contribution in [0.1, 0.15) is 0 Å². The van der Waals surface area contributed by atoms with Crippen LogP contribution in [0.15, 0.2) is 24.3 Å². The van der Waals surface area contributed by atoms with Crippen LogP contribution in [0.25, 0.3) is 0 Å². The molecule has 0 unspecified atom stereocenters. The van der Waals surface area contributed by atoms with E-state index < -0.39 is 12.4 Å². The number of rotatable bonds is 1. The smallest absolute Gasteiger partial charge is 0.445 e. The maximum Gasteiger partial charge on any atom is 0.509 e. The van der Waals surface area contributed by atoms with Crippen LogP contribution in [-0.4, -0.2) is 6.98 Å². The summed E-state index contributed by atoms with van der Waals surface area (Å²) < 4.78 is 35.8. The molecule has 0 bridgehead atoms. The molecule has 1 aromatic rings. The molecule has 0 nitrogen and oxygen atoms in total. The predicted octanol–water partition coefficient (Wildman–Crippen LogP) is 2.39. The van der Waals surface area contributed by atoms with Gasteiger partial charge in [-0.1, -0.05) is 23.7 Å². The fourth-order valence-electron chi connectivity index (χ4n) is 0.681. The van der Waals surface area contributed by atoms with Gasteiger partial charge in [-0.15, -0.1) is 5.46 Å². The van der Waals surface area contributed by atoms with E-state index in [4.69, 9.17) is 11.6 Å². The minimum Gasteiger partial charge on any atom is -0.445 e. The molecule has 1 aromatic carbocycles. The van der Waals surface area contributed by atoms with E-state index >= 15 is 0 Å². The van der Waals surface area contributed by atoms with E-state index in [1.165, 1.54) is 12.1 Å². The van der Waals surface area contributed by atoms with Gasteiger partial charge in [-0.25, -0.2) is 0 Å². The molecule has 0 saturated carbocycles. The third kappa shape index (κ3) is 2.15. The summed E-state index contributed by atoms with van der Waals surface area (Å²) in [4.78, 5) is 0. The van der Waals surface area contributed by atoms with E-state index in [1.807, 2.05) is 0 Å². The van der Waals surface area contributed by atoms with E-state index in [0.29, 0.717) is 5.02 Å². The predicted molar refractivity (Wildman–Crippen MR) is 40.2 cm³/mol. The first-order valence-electron chi connectivity index (χ1n) is 2.95. The van der Waals surface area contributed by atoms with E-state index in [-0.39, 0.29) is 0 Å². The minimum absolute atomic E-state index is 0.314. The molecule has 0 heterocycles. The zero-order valence-corrected chi connectivity index (χ0v) is 6.15. The zero-order valence-electron chi connectivity index (χ0n) is 5.40. The van der Waals surface area contributed by atoms with Gasteiger partial charge in [0, 0.05) is 5.02 Å². The molecule has 0 radical (unpaired) electrons. The molecule has 0 spiro atoms. The third-order valence-electron chi connectivity index (χ3n) is 1.25. The standard InChI is InChI=1S/C6H4BClF3/c8-6-3-1-5(2-4-6)7(9,10)11/h1-4H/q-1. The van der Waals surface area contributed by atoms with E-state index in [0.717, 1.165) is 12.1 Å². The van der Waals surface area contributed by atoms with Gasteiger partial charge in [0.05, 0.1) is 0 Å². The fraction of sp³-hybridized carbons (Fsp3) is 0. The van der Waals surface area contributed by atoms with Crippen LogP contribution in [-0.2, 0) is 0 Å². The Morgan fingerprint density at radius 1 is 1.00 bits per heavy atom. The van der Waals surface area contributed by atoms with Crippen LogP contribution in [0.2, 0.25) is 5.02 Å². The van der Waals surface area contributed by atoms with Crippen molar-refractivity contribution in [2.75, 3.05) is 0 Å². The second-order valence-electron chi connectivity index (χ2n) is 2.13. The van der Waals surface area contributed by atoms with Gasteiger partial charge < -0.3 is 12.9 Å². The van der Waals surface area contributed by atoms with Crippen molar-refractivity contribution < 1.29 is 12.9 Å². The lowest BCUT2D eigenvalue weighted by atomic mass is 9.80. The lowest BCUT2D eigenvalue weighted by Gasteiger charge is -2.13. The van der Waals surface area contributed by atoms with Crippen LogP contribution in [0.5, 0.6) is 0 Å². The molecule has 60 valence electrons. The van der Waals surface area contributed by atoms with Crippen LogP contribution >= 0.6 is 11.6 Å². The lowest BCUT2D eigenvalue weighted by Crippen LogP contribution is -2.33. The molecule has 0 atom stereocenters. The highest BCUT2D eigenvalue weighted by molar-refractivity contribution is 6.73. The number of hydrogen-bond donors (Lipinski definition) is 0. The van der Waals surface area contributed by atoms with Crippen molar-refractivity contribution in [2.45, 2.75) is 0 Å². The highest BCUT2D eigenvalue weighted by Gasteiger charge is 2.24. The zero-order chi connectivity index (χ0) is 8.48. The topological polar surface area (TPSA) is 0 Å². The van der Waals surface area contributed by atoms with Gasteiger partial charge in [0.1, 0.15) is 0 Å². The highest BCUT2D eigenvalue weighted by atomic mass is 35.5. The van der Waals surface area contributed by atoms with Crippen LogP contribution in [0, 0.1) is 0 Å². The first-order chi connectivity index (χ1) is 5.00. The maximum absolute atomic E-state index is 11.9. The van der Waals surface area contributed by atoms with Crippen molar-refractivity contribution in [1.29, 1.82) is 0 Å². The van der Waals surface area contributed by atoms with Crippen molar-refractivity contribution in [3.63, 3.8) is 0 Å². The van der Waals surface area contributed by atoms with E-state index in [2.05, 4.69) is 0 Å². The molecule has 0 aliphatic rings. The van der Waals surface area contributed by atoms with Crippen LogP contribution in [0.3, 0.4) is 0 Å². The molecular formula is C6H4BClF3-. The molecule has 0 amide bonds. The first kappa shape index (κ1) is 8.46. The van der Waals surface area contributed by atoms with Crippen molar-refractivity contribution in [1.82, 2.24) is 0 Å². The summed E-state index contributed by atoms with van der Waals surface area (Å²) in [6.45, 7) is -4.88. The van der Waals surface area contributed by atoms with Gasteiger partial charge >= 0.3 is 6.98 Å². The second kappa shape index (κ2) is 2.78. The average Bonchev–Trinajstić information content (AvgIpc) is 1.86. The second-order valence-corrected chi connectivity index (χ2v) is 2.56. The summed E-state index contributed by atoms with van der Waals surface area (Å²) in [5.41, 5.74) is -0.616. The van der Waals surface area contributed by atoms with Crippen molar-refractivity contribution >= 4 is 24.0 Å². The van der Waals surface area contributed by atoms with Crippen molar-refractivity contribution in [3.8, 4) is 0 Å². The largest absolute Gasteiger partial charge is 0.509 e. The van der Waals surface area contributed by atoms with Gasteiger partial charge in [-0.3, -0.25) is 0 Å². The lowest BCUT2D eigenvalue weighted by molar-refractivity contribution is 0.501. The van der Waals surface area contributed by atoms with E-state index in [9.17, 15) is 12.9 Å². The van der Waals surface area contributed by atoms with Gasteiger partial charge in [0.15, 0.2) is 0 Å². The number of hydrogen-bond acceptors (Lipinski definition) is 0. The van der Waals surface area contributed by atoms with Crippen LogP contribution in [0.4, 0.5) is 12.9 Å². The molecule has 0 aliphatic heterocycles. The van der Waals surface area contributed by atoms with Crippen molar-refractivity contribution in [3.05, 3.63) is 29.3 Å². The molecule has 1 rings (SSSR count). The Hall–Kier alpha value is -0.635. The molecule has 0 N–H and O–H groups in total.